The summed E-state index contributed by atoms with van der Waals surface area (Å²) in [5, 5.41) is 0. The summed E-state index contributed by atoms with van der Waals surface area (Å²) >= 11 is 1.99. The molecule has 0 aromatic heterocycles. The van der Waals surface area contributed by atoms with Crippen molar-refractivity contribution >= 4 is 41.7 Å². The van der Waals surface area contributed by atoms with Crippen molar-refractivity contribution in [3.63, 3.8) is 0 Å². The highest BCUT2D eigenvalue weighted by atomic mass is 127. The molecular weight excluding hydrogens is 361 g/mol. The molecule has 2 fully saturated rings. The van der Waals surface area contributed by atoms with Gasteiger partial charge in [0, 0.05) is 37.1 Å². The van der Waals surface area contributed by atoms with E-state index in [2.05, 4.69) is 23.7 Å². The first kappa shape index (κ1) is 16.4. The standard InChI is InChI=1S/C12H23N3OS.HI/c1-12(2)9(8-10(12)16-3)14-11(13)15-4-6-17-7-5-15;/h9-10H,4-8H2,1-3H3,(H2,13,14);1H. The van der Waals surface area contributed by atoms with Gasteiger partial charge in [-0.2, -0.15) is 11.8 Å². The molecule has 0 bridgehead atoms. The van der Waals surface area contributed by atoms with E-state index in [4.69, 9.17) is 10.5 Å². The van der Waals surface area contributed by atoms with Gasteiger partial charge in [0.05, 0.1) is 12.1 Å². The first-order valence-electron chi connectivity index (χ1n) is 6.24. The van der Waals surface area contributed by atoms with Gasteiger partial charge in [0.2, 0.25) is 0 Å². The number of hydrogen-bond donors (Lipinski definition) is 1. The van der Waals surface area contributed by atoms with Crippen molar-refractivity contribution in [2.75, 3.05) is 31.7 Å². The van der Waals surface area contributed by atoms with Crippen molar-refractivity contribution in [1.82, 2.24) is 4.90 Å². The molecule has 0 aromatic rings. The summed E-state index contributed by atoms with van der Waals surface area (Å²) in [6.45, 7) is 6.47. The lowest BCUT2D eigenvalue weighted by Crippen LogP contribution is -2.55. The first-order chi connectivity index (χ1) is 8.05. The van der Waals surface area contributed by atoms with Crippen LogP contribution in [0, 0.1) is 5.41 Å². The summed E-state index contributed by atoms with van der Waals surface area (Å²) in [7, 11) is 1.78. The van der Waals surface area contributed by atoms with Crippen molar-refractivity contribution in [3.8, 4) is 0 Å². The molecule has 4 nitrogen and oxygen atoms in total. The van der Waals surface area contributed by atoms with Crippen LogP contribution in [0.1, 0.15) is 20.3 Å². The molecule has 1 saturated heterocycles. The van der Waals surface area contributed by atoms with Crippen LogP contribution in [0.2, 0.25) is 0 Å². The van der Waals surface area contributed by atoms with Gasteiger partial charge < -0.3 is 15.4 Å². The lowest BCUT2D eigenvalue weighted by molar-refractivity contribution is -0.0853. The van der Waals surface area contributed by atoms with Crippen LogP contribution in [0.5, 0.6) is 0 Å². The monoisotopic (exact) mass is 385 g/mol. The number of nitrogens with two attached hydrogens (primary N) is 1. The van der Waals surface area contributed by atoms with Gasteiger partial charge in [0.25, 0.3) is 0 Å². The molecule has 1 heterocycles. The molecule has 2 N–H and O–H groups in total. The van der Waals surface area contributed by atoms with E-state index in [0.29, 0.717) is 12.1 Å². The molecule has 2 aliphatic rings. The molecular formula is C12H24IN3OS. The fourth-order valence-electron chi connectivity index (χ4n) is 2.52. The maximum atomic E-state index is 6.09. The highest BCUT2D eigenvalue weighted by molar-refractivity contribution is 14.0. The molecule has 1 saturated carbocycles. The highest BCUT2D eigenvalue weighted by Crippen LogP contribution is 2.44. The smallest absolute Gasteiger partial charge is 0.191 e. The normalized spacial score (nSPS) is 31.5. The van der Waals surface area contributed by atoms with Crippen molar-refractivity contribution < 1.29 is 4.74 Å². The molecule has 2 rings (SSSR count). The summed E-state index contributed by atoms with van der Waals surface area (Å²) < 4.78 is 5.43. The van der Waals surface area contributed by atoms with E-state index in [0.717, 1.165) is 37.0 Å². The van der Waals surface area contributed by atoms with Gasteiger partial charge >= 0.3 is 0 Å². The maximum absolute atomic E-state index is 6.09. The van der Waals surface area contributed by atoms with Crippen LogP contribution in [-0.2, 0) is 4.74 Å². The predicted molar refractivity (Wildman–Crippen MR) is 88.9 cm³/mol. The Morgan fingerprint density at radius 2 is 2.00 bits per heavy atom. The number of ether oxygens (including phenoxy) is 1. The van der Waals surface area contributed by atoms with E-state index in [1.807, 2.05) is 11.8 Å². The largest absolute Gasteiger partial charge is 0.381 e. The van der Waals surface area contributed by atoms with Gasteiger partial charge in [-0.15, -0.1) is 24.0 Å². The lowest BCUT2D eigenvalue weighted by Gasteiger charge is -2.49. The Balaban J connectivity index is 0.00000162. The maximum Gasteiger partial charge on any atom is 0.191 e. The summed E-state index contributed by atoms with van der Waals surface area (Å²) in [5.74, 6) is 3.04. The molecule has 6 heteroatoms. The van der Waals surface area contributed by atoms with E-state index >= 15 is 0 Å². The van der Waals surface area contributed by atoms with Crippen LogP contribution in [0.15, 0.2) is 4.99 Å². The summed E-state index contributed by atoms with van der Waals surface area (Å²) in [6.07, 6.45) is 1.31. The van der Waals surface area contributed by atoms with E-state index < -0.39 is 0 Å². The van der Waals surface area contributed by atoms with Gasteiger partial charge in [-0.3, -0.25) is 0 Å². The minimum atomic E-state index is 0. The first-order valence-corrected chi connectivity index (χ1v) is 7.40. The molecule has 2 unspecified atom stereocenters. The predicted octanol–water partition coefficient (Wildman–Crippen LogP) is 1.78. The van der Waals surface area contributed by atoms with E-state index in [1.165, 1.54) is 0 Å². The van der Waals surface area contributed by atoms with Crippen LogP contribution in [0.25, 0.3) is 0 Å². The SMILES string of the molecule is COC1CC(N=C(N)N2CCSCC2)C1(C)C.I. The summed E-state index contributed by atoms with van der Waals surface area (Å²) in [4.78, 5) is 6.89. The Kier molecular flexibility index (Phi) is 6.05. The van der Waals surface area contributed by atoms with Crippen LogP contribution >= 0.6 is 35.7 Å². The third-order valence-corrected chi connectivity index (χ3v) is 4.98. The quantitative estimate of drug-likeness (QED) is 0.447. The minimum absolute atomic E-state index is 0. The van der Waals surface area contributed by atoms with Crippen LogP contribution < -0.4 is 5.73 Å². The molecule has 0 amide bonds. The van der Waals surface area contributed by atoms with Crippen molar-refractivity contribution in [1.29, 1.82) is 0 Å². The molecule has 2 atom stereocenters. The Bertz CT molecular complexity index is 306. The topological polar surface area (TPSA) is 50.9 Å². The van der Waals surface area contributed by atoms with Crippen LogP contribution in [0.3, 0.4) is 0 Å². The Morgan fingerprint density at radius 3 is 2.50 bits per heavy atom. The third-order valence-electron chi connectivity index (χ3n) is 4.03. The van der Waals surface area contributed by atoms with E-state index in [1.54, 1.807) is 7.11 Å². The zero-order valence-electron chi connectivity index (χ0n) is 11.4. The number of nitrogens with zero attached hydrogens (tertiary/aromatic N) is 2. The van der Waals surface area contributed by atoms with E-state index in [9.17, 15) is 0 Å². The number of hydrogen-bond acceptors (Lipinski definition) is 3. The lowest BCUT2D eigenvalue weighted by atomic mass is 9.65. The number of rotatable bonds is 2. The fraction of sp³-hybridized carbons (Fsp3) is 0.917. The molecule has 0 aromatic carbocycles. The average Bonchev–Trinajstić information content (AvgIpc) is 2.34. The molecule has 1 aliphatic carbocycles. The van der Waals surface area contributed by atoms with Crippen LogP contribution in [-0.4, -0.2) is 54.7 Å². The third kappa shape index (κ3) is 3.25. The number of halogens is 1. The zero-order valence-corrected chi connectivity index (χ0v) is 14.5. The summed E-state index contributed by atoms with van der Waals surface area (Å²) in [6, 6.07) is 0.307. The highest BCUT2D eigenvalue weighted by Gasteiger charge is 2.48. The molecule has 0 radical (unpaired) electrons. The minimum Gasteiger partial charge on any atom is -0.381 e. The second-order valence-electron chi connectivity index (χ2n) is 5.38. The number of thioether (sulfide) groups is 1. The summed E-state index contributed by atoms with van der Waals surface area (Å²) in [5.41, 5.74) is 6.21. The van der Waals surface area contributed by atoms with Gasteiger partial charge in [0.15, 0.2) is 5.96 Å². The Labute approximate surface area is 131 Å². The van der Waals surface area contributed by atoms with Crippen molar-refractivity contribution in [3.05, 3.63) is 0 Å². The molecule has 18 heavy (non-hydrogen) atoms. The second-order valence-corrected chi connectivity index (χ2v) is 6.61. The second kappa shape index (κ2) is 6.65. The van der Waals surface area contributed by atoms with E-state index in [-0.39, 0.29) is 29.4 Å². The number of guanidine groups is 1. The van der Waals surface area contributed by atoms with Crippen molar-refractivity contribution in [2.24, 2.45) is 16.1 Å². The van der Waals surface area contributed by atoms with Crippen molar-refractivity contribution in [2.45, 2.75) is 32.4 Å². The molecule has 0 spiro atoms. The Hall–Kier alpha value is 0.310. The average molecular weight is 385 g/mol. The number of aliphatic imine (C=N–C) groups is 1. The Morgan fingerprint density at radius 1 is 1.39 bits per heavy atom. The van der Waals surface area contributed by atoms with Crippen LogP contribution in [0.4, 0.5) is 0 Å². The zero-order chi connectivity index (χ0) is 12.5. The molecule has 1 aliphatic heterocycles. The molecule has 106 valence electrons. The fourth-order valence-corrected chi connectivity index (χ4v) is 3.42. The van der Waals surface area contributed by atoms with Gasteiger partial charge in [-0.05, 0) is 6.42 Å². The van der Waals surface area contributed by atoms with Gasteiger partial charge in [0.1, 0.15) is 0 Å². The van der Waals surface area contributed by atoms with Gasteiger partial charge in [-0.25, -0.2) is 4.99 Å². The number of methoxy groups -OCH3 is 1. The van der Waals surface area contributed by atoms with Gasteiger partial charge in [-0.1, -0.05) is 13.8 Å².